The van der Waals surface area contributed by atoms with Crippen molar-refractivity contribution in [3.05, 3.63) is 95.0 Å². The molecule has 9 heteroatoms. The van der Waals surface area contributed by atoms with E-state index in [1.54, 1.807) is 19.2 Å². The SMILES string of the molecule is CN(C(=O)CSc1nnc(-c2ccccc2)c(-c2ccccc2)n1)c1ccc([N+](=O)[O-])cc1. The van der Waals surface area contributed by atoms with E-state index in [4.69, 9.17) is 4.98 Å². The Labute approximate surface area is 194 Å². The first-order valence-corrected chi connectivity index (χ1v) is 11.0. The third-order valence-electron chi connectivity index (χ3n) is 4.91. The molecular weight excluding hydrogens is 438 g/mol. The summed E-state index contributed by atoms with van der Waals surface area (Å²) in [6.07, 6.45) is 0. The molecule has 4 aromatic rings. The van der Waals surface area contributed by atoms with Crippen LogP contribution in [-0.4, -0.2) is 38.8 Å². The lowest BCUT2D eigenvalue weighted by Crippen LogP contribution is -2.28. The lowest BCUT2D eigenvalue weighted by atomic mass is 10.0. The highest BCUT2D eigenvalue weighted by Crippen LogP contribution is 2.30. The van der Waals surface area contributed by atoms with Crippen LogP contribution in [0, 0.1) is 10.1 Å². The predicted octanol–water partition coefficient (Wildman–Crippen LogP) is 4.87. The van der Waals surface area contributed by atoms with Crippen LogP contribution in [-0.2, 0) is 4.79 Å². The average Bonchev–Trinajstić information content (AvgIpc) is 2.87. The molecule has 8 nitrogen and oxygen atoms in total. The van der Waals surface area contributed by atoms with E-state index in [0.717, 1.165) is 11.1 Å². The fourth-order valence-corrected chi connectivity index (χ4v) is 3.83. The summed E-state index contributed by atoms with van der Waals surface area (Å²) in [5.74, 6) is -0.0977. The van der Waals surface area contributed by atoms with Crippen LogP contribution >= 0.6 is 11.8 Å². The van der Waals surface area contributed by atoms with Crippen LogP contribution in [0.3, 0.4) is 0 Å². The van der Waals surface area contributed by atoms with Gasteiger partial charge in [0.1, 0.15) is 11.4 Å². The molecule has 0 radical (unpaired) electrons. The smallest absolute Gasteiger partial charge is 0.269 e. The zero-order valence-electron chi connectivity index (χ0n) is 17.7. The molecule has 0 saturated carbocycles. The number of thioether (sulfide) groups is 1. The Morgan fingerprint density at radius 1 is 0.879 bits per heavy atom. The summed E-state index contributed by atoms with van der Waals surface area (Å²) in [4.78, 5) is 29.2. The number of nitrogens with zero attached hydrogens (tertiary/aromatic N) is 5. The summed E-state index contributed by atoms with van der Waals surface area (Å²) >= 11 is 1.19. The summed E-state index contributed by atoms with van der Waals surface area (Å²) in [5, 5.41) is 19.9. The molecule has 0 fully saturated rings. The van der Waals surface area contributed by atoms with E-state index < -0.39 is 4.92 Å². The predicted molar refractivity (Wildman–Crippen MR) is 128 cm³/mol. The van der Waals surface area contributed by atoms with Gasteiger partial charge < -0.3 is 4.90 Å². The monoisotopic (exact) mass is 457 g/mol. The Morgan fingerprint density at radius 2 is 1.45 bits per heavy atom. The van der Waals surface area contributed by atoms with Gasteiger partial charge in [-0.25, -0.2) is 4.98 Å². The number of carbonyl (C=O) groups is 1. The van der Waals surface area contributed by atoms with Crippen molar-refractivity contribution in [2.45, 2.75) is 5.16 Å². The van der Waals surface area contributed by atoms with Crippen molar-refractivity contribution in [1.29, 1.82) is 0 Å². The summed E-state index contributed by atoms with van der Waals surface area (Å²) < 4.78 is 0. The van der Waals surface area contributed by atoms with Gasteiger partial charge in [-0.2, -0.15) is 0 Å². The number of hydrogen-bond acceptors (Lipinski definition) is 7. The minimum absolute atomic E-state index is 0.0274. The molecule has 4 rings (SSSR count). The largest absolute Gasteiger partial charge is 0.315 e. The number of amides is 1. The third-order valence-corrected chi connectivity index (χ3v) is 5.73. The Hall–Kier alpha value is -4.11. The van der Waals surface area contributed by atoms with E-state index in [9.17, 15) is 14.9 Å². The molecule has 0 N–H and O–H groups in total. The van der Waals surface area contributed by atoms with Crippen LogP contribution in [0.15, 0.2) is 90.1 Å². The number of hydrogen-bond donors (Lipinski definition) is 0. The fourth-order valence-electron chi connectivity index (χ4n) is 3.13. The summed E-state index contributed by atoms with van der Waals surface area (Å²) in [7, 11) is 1.62. The zero-order chi connectivity index (χ0) is 23.2. The number of nitro groups is 1. The normalized spacial score (nSPS) is 10.6. The van der Waals surface area contributed by atoms with Gasteiger partial charge in [-0.3, -0.25) is 14.9 Å². The molecule has 0 unspecified atom stereocenters. The van der Waals surface area contributed by atoms with Crippen molar-refractivity contribution >= 4 is 29.0 Å². The van der Waals surface area contributed by atoms with Crippen LogP contribution in [0.25, 0.3) is 22.5 Å². The first-order chi connectivity index (χ1) is 16.0. The fraction of sp³-hybridized carbons (Fsp3) is 0.0833. The molecule has 3 aromatic carbocycles. The number of rotatable bonds is 7. The highest BCUT2D eigenvalue weighted by atomic mass is 32.2. The molecule has 1 amide bonds. The van der Waals surface area contributed by atoms with Gasteiger partial charge in [-0.15, -0.1) is 10.2 Å². The van der Waals surface area contributed by atoms with E-state index in [0.29, 0.717) is 22.2 Å². The Kier molecular flexibility index (Phi) is 6.70. The first kappa shape index (κ1) is 22.1. The second-order valence-electron chi connectivity index (χ2n) is 7.04. The van der Waals surface area contributed by atoms with Crippen LogP contribution in [0.4, 0.5) is 11.4 Å². The van der Waals surface area contributed by atoms with Gasteiger partial charge in [0.25, 0.3) is 5.69 Å². The maximum Gasteiger partial charge on any atom is 0.269 e. The van der Waals surface area contributed by atoms with Crippen molar-refractivity contribution in [2.75, 3.05) is 17.7 Å². The lowest BCUT2D eigenvalue weighted by molar-refractivity contribution is -0.384. The average molecular weight is 458 g/mol. The Balaban J connectivity index is 1.53. The van der Waals surface area contributed by atoms with E-state index in [1.807, 2.05) is 60.7 Å². The maximum atomic E-state index is 12.7. The Morgan fingerprint density at radius 3 is 2.03 bits per heavy atom. The standard InChI is InChI=1S/C24H19N5O3S/c1-28(19-12-14-20(15-13-19)29(31)32)21(30)16-33-24-25-22(17-8-4-2-5-9-17)23(26-27-24)18-10-6-3-7-11-18/h2-15H,16H2,1H3. The van der Waals surface area contributed by atoms with Crippen LogP contribution < -0.4 is 4.90 Å². The Bertz CT molecular complexity index is 1270. The summed E-state index contributed by atoms with van der Waals surface area (Å²) in [6, 6.07) is 25.2. The number of benzene rings is 3. The molecule has 0 spiro atoms. The minimum atomic E-state index is -0.477. The van der Waals surface area contributed by atoms with Crippen molar-refractivity contribution in [2.24, 2.45) is 0 Å². The highest BCUT2D eigenvalue weighted by molar-refractivity contribution is 7.99. The van der Waals surface area contributed by atoms with E-state index in [-0.39, 0.29) is 17.3 Å². The van der Waals surface area contributed by atoms with Crippen molar-refractivity contribution in [3.8, 4) is 22.5 Å². The van der Waals surface area contributed by atoms with E-state index in [2.05, 4.69) is 10.2 Å². The van der Waals surface area contributed by atoms with Gasteiger partial charge in [0, 0.05) is 36.0 Å². The molecular formula is C24H19N5O3S. The molecule has 0 saturated heterocycles. The molecule has 1 heterocycles. The molecule has 0 atom stereocenters. The van der Waals surface area contributed by atoms with Gasteiger partial charge in [-0.05, 0) is 12.1 Å². The number of aromatic nitrogens is 3. The number of non-ortho nitro benzene ring substituents is 1. The summed E-state index contributed by atoms with van der Waals surface area (Å²) in [5.41, 5.74) is 3.70. The van der Waals surface area contributed by atoms with Crippen LogP contribution in [0.2, 0.25) is 0 Å². The second kappa shape index (κ2) is 10.0. The quantitative estimate of drug-likeness (QED) is 0.222. The van der Waals surface area contributed by atoms with Gasteiger partial charge in [0.2, 0.25) is 11.1 Å². The summed E-state index contributed by atoms with van der Waals surface area (Å²) in [6.45, 7) is 0. The topological polar surface area (TPSA) is 102 Å². The van der Waals surface area contributed by atoms with Gasteiger partial charge in [-0.1, -0.05) is 72.4 Å². The number of nitro benzene ring substituents is 1. The van der Waals surface area contributed by atoms with Gasteiger partial charge in [0.05, 0.1) is 10.7 Å². The van der Waals surface area contributed by atoms with Gasteiger partial charge in [0.15, 0.2) is 0 Å². The molecule has 0 aliphatic rings. The van der Waals surface area contributed by atoms with E-state index >= 15 is 0 Å². The molecule has 1 aromatic heterocycles. The second-order valence-corrected chi connectivity index (χ2v) is 7.98. The molecule has 0 aliphatic heterocycles. The number of carbonyl (C=O) groups excluding carboxylic acids is 1. The highest BCUT2D eigenvalue weighted by Gasteiger charge is 2.17. The minimum Gasteiger partial charge on any atom is -0.315 e. The molecule has 0 aliphatic carbocycles. The van der Waals surface area contributed by atoms with Crippen molar-refractivity contribution < 1.29 is 9.72 Å². The first-order valence-electron chi connectivity index (χ1n) is 10.0. The van der Waals surface area contributed by atoms with Gasteiger partial charge >= 0.3 is 0 Å². The molecule has 33 heavy (non-hydrogen) atoms. The molecule has 0 bridgehead atoms. The maximum absolute atomic E-state index is 12.7. The van der Waals surface area contributed by atoms with Crippen LogP contribution in [0.5, 0.6) is 0 Å². The van der Waals surface area contributed by atoms with E-state index in [1.165, 1.54) is 28.8 Å². The third kappa shape index (κ3) is 5.21. The van der Waals surface area contributed by atoms with Crippen molar-refractivity contribution in [3.63, 3.8) is 0 Å². The van der Waals surface area contributed by atoms with Crippen LogP contribution in [0.1, 0.15) is 0 Å². The van der Waals surface area contributed by atoms with Crippen molar-refractivity contribution in [1.82, 2.24) is 15.2 Å². The zero-order valence-corrected chi connectivity index (χ0v) is 18.5. The lowest BCUT2D eigenvalue weighted by Gasteiger charge is -2.16. The number of anilines is 1. The molecule has 164 valence electrons.